The van der Waals surface area contributed by atoms with Gasteiger partial charge in [0.15, 0.2) is 0 Å². The monoisotopic (exact) mass is 389 g/mol. The molecule has 10 heteroatoms. The summed E-state index contributed by atoms with van der Waals surface area (Å²) in [6.07, 6.45) is 1.57. The van der Waals surface area contributed by atoms with Crippen LogP contribution >= 0.6 is 11.7 Å². The summed E-state index contributed by atoms with van der Waals surface area (Å²) in [7, 11) is -3.69. The average molecular weight is 389 g/mol. The Hall–Kier alpha value is -2.43. The molecule has 134 valence electrons. The van der Waals surface area contributed by atoms with Crippen LogP contribution in [0.5, 0.6) is 0 Å². The molecule has 3 heterocycles. The molecule has 4 rings (SSSR count). The number of rotatable bonds is 3. The first-order valence-electron chi connectivity index (χ1n) is 7.99. The van der Waals surface area contributed by atoms with E-state index in [0.717, 1.165) is 11.7 Å². The van der Waals surface area contributed by atoms with Gasteiger partial charge in [0.1, 0.15) is 21.6 Å². The summed E-state index contributed by atoms with van der Waals surface area (Å²) >= 11 is 0.989. The Kier molecular flexibility index (Phi) is 4.39. The molecule has 1 aliphatic heterocycles. The van der Waals surface area contributed by atoms with E-state index in [1.807, 2.05) is 0 Å². The van der Waals surface area contributed by atoms with Gasteiger partial charge in [0, 0.05) is 32.4 Å². The van der Waals surface area contributed by atoms with Crippen molar-refractivity contribution in [2.75, 3.05) is 26.2 Å². The van der Waals surface area contributed by atoms with Crippen LogP contribution in [0.1, 0.15) is 10.5 Å². The van der Waals surface area contributed by atoms with Crippen molar-refractivity contribution in [3.63, 3.8) is 0 Å². The second-order valence-electron chi connectivity index (χ2n) is 5.80. The van der Waals surface area contributed by atoms with E-state index in [4.69, 9.17) is 0 Å². The Balaban J connectivity index is 1.52. The van der Waals surface area contributed by atoms with Gasteiger partial charge < -0.3 is 4.90 Å². The maximum atomic E-state index is 13.0. The van der Waals surface area contributed by atoms with E-state index in [9.17, 15) is 13.2 Å². The van der Waals surface area contributed by atoms with E-state index in [2.05, 4.69) is 13.7 Å². The highest BCUT2D eigenvalue weighted by molar-refractivity contribution is 7.89. The number of amides is 1. The van der Waals surface area contributed by atoms with E-state index >= 15 is 0 Å². The third-order valence-corrected chi connectivity index (χ3v) is 6.75. The van der Waals surface area contributed by atoms with Crippen molar-refractivity contribution < 1.29 is 13.2 Å². The Morgan fingerprint density at radius 1 is 1.00 bits per heavy atom. The van der Waals surface area contributed by atoms with Crippen molar-refractivity contribution >= 4 is 38.7 Å². The second kappa shape index (κ2) is 6.71. The minimum atomic E-state index is -3.69. The summed E-state index contributed by atoms with van der Waals surface area (Å²) in [6.45, 7) is 1.10. The van der Waals surface area contributed by atoms with Crippen LogP contribution in [0.3, 0.4) is 0 Å². The van der Waals surface area contributed by atoms with Gasteiger partial charge >= 0.3 is 0 Å². The fraction of sp³-hybridized carbons (Fsp3) is 0.250. The summed E-state index contributed by atoms with van der Waals surface area (Å²) in [5, 5.41) is 0. The van der Waals surface area contributed by atoms with Gasteiger partial charge in [0.2, 0.25) is 10.0 Å². The number of aromatic nitrogens is 3. The largest absolute Gasteiger partial charge is 0.335 e. The SMILES string of the molecule is O=C(c1ccccn1)N1CCN(S(=O)(=O)c2cccc3nsnc23)CC1. The number of hydrogen-bond acceptors (Lipinski definition) is 7. The van der Waals surface area contributed by atoms with Crippen LogP contribution in [0.4, 0.5) is 0 Å². The Morgan fingerprint density at radius 3 is 2.54 bits per heavy atom. The number of fused-ring (bicyclic) bond motifs is 1. The first kappa shape index (κ1) is 17.0. The van der Waals surface area contributed by atoms with Gasteiger partial charge in [-0.15, -0.1) is 0 Å². The lowest BCUT2D eigenvalue weighted by Crippen LogP contribution is -2.50. The van der Waals surface area contributed by atoms with Crippen LogP contribution in [-0.2, 0) is 10.0 Å². The summed E-state index contributed by atoms with van der Waals surface area (Å²) in [4.78, 5) is 18.3. The standard InChI is InChI=1S/C16H15N5O3S2/c22-16(13-4-1-2-7-17-13)20-8-10-21(11-9-20)26(23,24)14-6-3-5-12-15(14)19-25-18-12/h1-7H,8-11H2. The summed E-state index contributed by atoms with van der Waals surface area (Å²) in [5.74, 6) is -0.187. The van der Waals surface area contributed by atoms with Gasteiger partial charge in [-0.3, -0.25) is 9.78 Å². The summed E-state index contributed by atoms with van der Waals surface area (Å²) in [6, 6.07) is 10.1. The van der Waals surface area contributed by atoms with Crippen molar-refractivity contribution in [1.82, 2.24) is 22.9 Å². The maximum Gasteiger partial charge on any atom is 0.272 e. The number of sulfonamides is 1. The number of carbonyl (C=O) groups is 1. The zero-order valence-electron chi connectivity index (χ0n) is 13.6. The summed E-state index contributed by atoms with van der Waals surface area (Å²) in [5.41, 5.74) is 1.33. The highest BCUT2D eigenvalue weighted by Crippen LogP contribution is 2.25. The predicted octanol–water partition coefficient (Wildman–Crippen LogP) is 1.23. The zero-order chi connectivity index (χ0) is 18.1. The molecule has 1 saturated heterocycles. The Labute approximate surface area is 154 Å². The third kappa shape index (κ3) is 2.96. The molecule has 0 unspecified atom stereocenters. The molecule has 1 amide bonds. The van der Waals surface area contributed by atoms with Crippen LogP contribution in [0.25, 0.3) is 11.0 Å². The molecular formula is C16H15N5O3S2. The fourth-order valence-electron chi connectivity index (χ4n) is 2.91. The highest BCUT2D eigenvalue weighted by atomic mass is 32.2. The molecule has 0 radical (unpaired) electrons. The lowest BCUT2D eigenvalue weighted by molar-refractivity contribution is 0.0692. The van der Waals surface area contributed by atoms with Crippen LogP contribution in [-0.4, -0.2) is 63.4 Å². The number of hydrogen-bond donors (Lipinski definition) is 0. The van der Waals surface area contributed by atoms with Crippen LogP contribution in [0, 0.1) is 0 Å². The van der Waals surface area contributed by atoms with Gasteiger partial charge in [-0.05, 0) is 24.3 Å². The molecule has 0 spiro atoms. The average Bonchev–Trinajstić information content (AvgIpc) is 3.17. The Bertz CT molecular complexity index is 1040. The van der Waals surface area contributed by atoms with Crippen molar-refractivity contribution in [2.45, 2.75) is 4.90 Å². The predicted molar refractivity (Wildman–Crippen MR) is 96.3 cm³/mol. The first-order chi connectivity index (χ1) is 12.6. The molecule has 0 atom stereocenters. The smallest absolute Gasteiger partial charge is 0.272 e. The van der Waals surface area contributed by atoms with Gasteiger partial charge in [0.25, 0.3) is 5.91 Å². The second-order valence-corrected chi connectivity index (χ2v) is 8.23. The highest BCUT2D eigenvalue weighted by Gasteiger charge is 2.32. The molecule has 1 aromatic carbocycles. The third-order valence-electron chi connectivity index (χ3n) is 4.28. The van der Waals surface area contributed by atoms with Gasteiger partial charge in [0.05, 0.1) is 11.7 Å². The summed E-state index contributed by atoms with van der Waals surface area (Å²) < 4.78 is 35.6. The minimum absolute atomic E-state index is 0.160. The molecule has 0 aliphatic carbocycles. The molecule has 0 bridgehead atoms. The first-order valence-corrected chi connectivity index (χ1v) is 10.2. The molecule has 0 N–H and O–H groups in total. The van der Waals surface area contributed by atoms with Crippen LogP contribution in [0.2, 0.25) is 0 Å². The number of nitrogens with zero attached hydrogens (tertiary/aromatic N) is 5. The molecule has 0 saturated carbocycles. The van der Waals surface area contributed by atoms with E-state index in [-0.39, 0.29) is 23.9 Å². The van der Waals surface area contributed by atoms with Crippen LogP contribution < -0.4 is 0 Å². The number of carbonyl (C=O) groups excluding carboxylic acids is 1. The van der Waals surface area contributed by atoms with Gasteiger partial charge in [-0.25, -0.2) is 8.42 Å². The number of benzene rings is 1. The molecule has 26 heavy (non-hydrogen) atoms. The molecule has 1 aliphatic rings. The van der Waals surface area contributed by atoms with Crippen molar-refractivity contribution in [3.05, 3.63) is 48.3 Å². The van der Waals surface area contributed by atoms with E-state index < -0.39 is 10.0 Å². The van der Waals surface area contributed by atoms with Crippen molar-refractivity contribution in [1.29, 1.82) is 0 Å². The number of piperazine rings is 1. The van der Waals surface area contributed by atoms with E-state index in [1.165, 1.54) is 4.31 Å². The fourth-order valence-corrected chi connectivity index (χ4v) is 5.09. The maximum absolute atomic E-state index is 13.0. The normalized spacial score (nSPS) is 16.1. The van der Waals surface area contributed by atoms with Gasteiger partial charge in [-0.1, -0.05) is 12.1 Å². The van der Waals surface area contributed by atoms with Gasteiger partial charge in [-0.2, -0.15) is 13.1 Å². The van der Waals surface area contributed by atoms with Crippen molar-refractivity contribution in [2.24, 2.45) is 0 Å². The lowest BCUT2D eigenvalue weighted by atomic mass is 10.3. The van der Waals surface area contributed by atoms with E-state index in [1.54, 1.807) is 47.5 Å². The molecule has 2 aromatic heterocycles. The van der Waals surface area contributed by atoms with E-state index in [0.29, 0.717) is 29.8 Å². The lowest BCUT2D eigenvalue weighted by Gasteiger charge is -2.33. The topological polar surface area (TPSA) is 96.4 Å². The zero-order valence-corrected chi connectivity index (χ0v) is 15.3. The molecule has 3 aromatic rings. The Morgan fingerprint density at radius 2 is 1.81 bits per heavy atom. The number of pyridine rings is 1. The quantitative estimate of drug-likeness (QED) is 0.669. The van der Waals surface area contributed by atoms with Crippen molar-refractivity contribution in [3.8, 4) is 0 Å². The molecule has 1 fully saturated rings. The molecular weight excluding hydrogens is 374 g/mol. The molecule has 8 nitrogen and oxygen atoms in total. The van der Waals surface area contributed by atoms with Crippen LogP contribution in [0.15, 0.2) is 47.5 Å². The minimum Gasteiger partial charge on any atom is -0.335 e.